The molecule has 3 aromatic rings. The lowest BCUT2D eigenvalue weighted by Crippen LogP contribution is -2.53. The third-order valence-corrected chi connectivity index (χ3v) is 6.99. The maximum absolute atomic E-state index is 13.6. The smallest absolute Gasteiger partial charge is 0.318 e. The number of nitrogens with one attached hydrogen (secondary N) is 3. The van der Waals surface area contributed by atoms with Crippen LogP contribution in [0.25, 0.3) is 0 Å². The molecule has 0 aliphatic carbocycles. The Morgan fingerprint density at radius 1 is 1.00 bits per heavy atom. The van der Waals surface area contributed by atoms with Crippen molar-refractivity contribution in [3.8, 4) is 0 Å². The first-order valence-electron chi connectivity index (χ1n) is 13.5. The lowest BCUT2D eigenvalue weighted by atomic mass is 10.00. The molecule has 1 fully saturated rings. The van der Waals surface area contributed by atoms with E-state index >= 15 is 0 Å². The monoisotopic (exact) mass is 550 g/mol. The predicted octanol–water partition coefficient (Wildman–Crippen LogP) is 3.86. The Morgan fingerprint density at radius 3 is 2.40 bits per heavy atom. The van der Waals surface area contributed by atoms with E-state index in [1.54, 1.807) is 0 Å². The van der Waals surface area contributed by atoms with Crippen LogP contribution in [0.15, 0.2) is 72.8 Å². The Bertz CT molecular complexity index is 1280. The number of carbonyl (C=O) groups excluding carboxylic acids is 2. The van der Waals surface area contributed by atoms with E-state index in [-0.39, 0.29) is 25.2 Å². The minimum Gasteiger partial charge on any atom is -0.390 e. The fourth-order valence-corrected chi connectivity index (χ4v) is 4.80. The first-order chi connectivity index (χ1) is 19.2. The van der Waals surface area contributed by atoms with Gasteiger partial charge in [-0.3, -0.25) is 4.79 Å². The number of benzene rings is 3. The van der Waals surface area contributed by atoms with Gasteiger partial charge in [0.2, 0.25) is 5.91 Å². The SMILES string of the molecule is CC(C)c1cccc(CNC[C@H](O)[C@H](Cc2ccccc2)NC(=O)[C@@H]2CN(Cc3cc(F)cc(F)c3)C(=O)N2)c1. The number of hydrogen-bond acceptors (Lipinski definition) is 4. The number of amides is 3. The molecule has 212 valence electrons. The van der Waals surface area contributed by atoms with E-state index in [1.165, 1.54) is 10.5 Å². The summed E-state index contributed by atoms with van der Waals surface area (Å²) < 4.78 is 27.2. The average Bonchev–Trinajstić information content (AvgIpc) is 3.28. The van der Waals surface area contributed by atoms with Crippen molar-refractivity contribution in [1.82, 2.24) is 20.9 Å². The van der Waals surface area contributed by atoms with Crippen molar-refractivity contribution in [2.45, 2.75) is 57.5 Å². The van der Waals surface area contributed by atoms with Crippen LogP contribution in [0.2, 0.25) is 0 Å². The second kappa shape index (κ2) is 13.5. The van der Waals surface area contributed by atoms with E-state index in [0.717, 1.165) is 29.3 Å². The van der Waals surface area contributed by atoms with Gasteiger partial charge in [0.1, 0.15) is 17.7 Å². The quantitative estimate of drug-likeness (QED) is 0.276. The molecule has 7 nitrogen and oxygen atoms in total. The van der Waals surface area contributed by atoms with Gasteiger partial charge in [0, 0.05) is 25.7 Å². The lowest BCUT2D eigenvalue weighted by molar-refractivity contribution is -0.124. The van der Waals surface area contributed by atoms with Gasteiger partial charge < -0.3 is 26.0 Å². The Labute approximate surface area is 233 Å². The van der Waals surface area contributed by atoms with Crippen molar-refractivity contribution >= 4 is 11.9 Å². The average molecular weight is 551 g/mol. The third-order valence-electron chi connectivity index (χ3n) is 6.99. The van der Waals surface area contributed by atoms with Gasteiger partial charge in [-0.15, -0.1) is 0 Å². The van der Waals surface area contributed by atoms with Crippen LogP contribution in [0.5, 0.6) is 0 Å². The van der Waals surface area contributed by atoms with Gasteiger partial charge in [-0.05, 0) is 46.7 Å². The van der Waals surface area contributed by atoms with Crippen molar-refractivity contribution in [2.24, 2.45) is 0 Å². The van der Waals surface area contributed by atoms with Crippen molar-refractivity contribution < 1.29 is 23.5 Å². The van der Waals surface area contributed by atoms with E-state index in [4.69, 9.17) is 0 Å². The summed E-state index contributed by atoms with van der Waals surface area (Å²) in [5.41, 5.74) is 3.58. The Balaban J connectivity index is 1.37. The molecule has 3 amide bonds. The normalized spacial score (nSPS) is 16.6. The topological polar surface area (TPSA) is 93.7 Å². The zero-order valence-electron chi connectivity index (χ0n) is 22.7. The Morgan fingerprint density at radius 2 is 1.70 bits per heavy atom. The van der Waals surface area contributed by atoms with Gasteiger partial charge in [-0.1, -0.05) is 68.4 Å². The number of halogens is 2. The molecule has 0 unspecified atom stereocenters. The summed E-state index contributed by atoms with van der Waals surface area (Å²) in [4.78, 5) is 27.0. The molecule has 0 aromatic heterocycles. The summed E-state index contributed by atoms with van der Waals surface area (Å²) in [6, 6.07) is 18.9. The number of aliphatic hydroxyl groups excluding tert-OH is 1. The molecule has 3 aromatic carbocycles. The Hall–Kier alpha value is -3.82. The fraction of sp³-hybridized carbons (Fsp3) is 0.355. The second-order valence-corrected chi connectivity index (χ2v) is 10.6. The van der Waals surface area contributed by atoms with Crippen LogP contribution in [-0.2, 0) is 24.3 Å². The first kappa shape index (κ1) is 29.2. The number of aliphatic hydroxyl groups is 1. The van der Waals surface area contributed by atoms with Gasteiger partial charge in [-0.25, -0.2) is 13.6 Å². The number of urea groups is 1. The lowest BCUT2D eigenvalue weighted by Gasteiger charge is -2.26. The molecule has 9 heteroatoms. The van der Waals surface area contributed by atoms with Gasteiger partial charge >= 0.3 is 6.03 Å². The largest absolute Gasteiger partial charge is 0.390 e. The van der Waals surface area contributed by atoms with E-state index in [9.17, 15) is 23.5 Å². The van der Waals surface area contributed by atoms with E-state index in [0.29, 0.717) is 18.9 Å². The zero-order valence-corrected chi connectivity index (χ0v) is 22.7. The standard InChI is InChI=1S/C31H36F2N4O3/c1-20(2)24-10-6-9-22(11-24)16-34-17-29(38)27(14-21-7-4-3-5-8-21)35-30(39)28-19-37(31(40)36-28)18-23-12-25(32)15-26(33)13-23/h3-13,15,20,27-29,34,38H,14,16-19H2,1-2H3,(H,35,39)(H,36,40)/t27-,28-,29-/m0/s1. The van der Waals surface area contributed by atoms with Gasteiger partial charge in [0.05, 0.1) is 18.7 Å². The highest BCUT2D eigenvalue weighted by atomic mass is 19.1. The molecule has 0 radical (unpaired) electrons. The van der Waals surface area contributed by atoms with Crippen LogP contribution in [0.1, 0.15) is 42.0 Å². The molecule has 0 bridgehead atoms. The van der Waals surface area contributed by atoms with Gasteiger partial charge in [-0.2, -0.15) is 0 Å². The van der Waals surface area contributed by atoms with Crippen molar-refractivity contribution in [1.29, 1.82) is 0 Å². The molecule has 1 aliphatic rings. The third kappa shape index (κ3) is 8.09. The minimum atomic E-state index is -0.902. The summed E-state index contributed by atoms with van der Waals surface area (Å²) in [7, 11) is 0. The molecule has 4 N–H and O–H groups in total. The van der Waals surface area contributed by atoms with Gasteiger partial charge in [0.25, 0.3) is 0 Å². The molecule has 3 atom stereocenters. The van der Waals surface area contributed by atoms with E-state index in [2.05, 4.69) is 41.9 Å². The fourth-order valence-electron chi connectivity index (χ4n) is 4.80. The maximum Gasteiger partial charge on any atom is 0.318 e. The highest BCUT2D eigenvalue weighted by molar-refractivity contribution is 5.90. The Kier molecular flexibility index (Phi) is 9.84. The first-order valence-corrected chi connectivity index (χ1v) is 13.5. The predicted molar refractivity (Wildman–Crippen MR) is 149 cm³/mol. The molecular formula is C31H36F2N4O3. The van der Waals surface area contributed by atoms with E-state index < -0.39 is 41.8 Å². The highest BCUT2D eigenvalue weighted by Gasteiger charge is 2.35. The maximum atomic E-state index is 13.6. The molecule has 40 heavy (non-hydrogen) atoms. The molecule has 0 saturated carbocycles. The summed E-state index contributed by atoms with van der Waals surface area (Å²) in [6.07, 6.45) is -0.508. The number of hydrogen-bond donors (Lipinski definition) is 4. The zero-order chi connectivity index (χ0) is 28.6. The van der Waals surface area contributed by atoms with Crippen LogP contribution in [0.4, 0.5) is 13.6 Å². The van der Waals surface area contributed by atoms with E-state index in [1.807, 2.05) is 42.5 Å². The van der Waals surface area contributed by atoms with Crippen LogP contribution in [0.3, 0.4) is 0 Å². The molecule has 1 saturated heterocycles. The summed E-state index contributed by atoms with van der Waals surface area (Å²) in [6.45, 7) is 5.08. The summed E-state index contributed by atoms with van der Waals surface area (Å²) >= 11 is 0. The molecule has 0 spiro atoms. The second-order valence-electron chi connectivity index (χ2n) is 10.6. The minimum absolute atomic E-state index is 0.0292. The van der Waals surface area contributed by atoms with Crippen molar-refractivity contribution in [2.75, 3.05) is 13.1 Å². The van der Waals surface area contributed by atoms with Crippen LogP contribution < -0.4 is 16.0 Å². The number of nitrogens with zero attached hydrogens (tertiary/aromatic N) is 1. The number of rotatable bonds is 12. The van der Waals surface area contributed by atoms with Crippen molar-refractivity contribution in [3.63, 3.8) is 0 Å². The highest BCUT2D eigenvalue weighted by Crippen LogP contribution is 2.17. The summed E-state index contributed by atoms with van der Waals surface area (Å²) in [5.74, 6) is -1.49. The molecule has 1 aliphatic heterocycles. The van der Waals surface area contributed by atoms with Crippen LogP contribution >= 0.6 is 0 Å². The molecule has 4 rings (SSSR count). The molecule has 1 heterocycles. The molecular weight excluding hydrogens is 514 g/mol. The summed E-state index contributed by atoms with van der Waals surface area (Å²) in [5, 5.41) is 19.9. The van der Waals surface area contributed by atoms with Gasteiger partial charge in [0.15, 0.2) is 0 Å². The van der Waals surface area contributed by atoms with Crippen LogP contribution in [-0.4, -0.2) is 53.2 Å². The van der Waals surface area contributed by atoms with Crippen LogP contribution in [0, 0.1) is 11.6 Å². The number of carbonyl (C=O) groups is 2. The van der Waals surface area contributed by atoms with Crippen molar-refractivity contribution in [3.05, 3.63) is 107 Å².